The Morgan fingerprint density at radius 2 is 1.52 bits per heavy atom. The number of hydrogen-bond acceptors (Lipinski definition) is 4. The highest BCUT2D eigenvalue weighted by Gasteiger charge is 2.29. The van der Waals surface area contributed by atoms with Crippen LogP contribution in [0.5, 0.6) is 5.75 Å². The normalized spacial score (nSPS) is 11.5. The van der Waals surface area contributed by atoms with E-state index in [1.165, 1.54) is 29.5 Å². The molecular formula is C25H27F3N2O2S. The van der Waals surface area contributed by atoms with Crippen LogP contribution in [0.1, 0.15) is 22.3 Å². The lowest BCUT2D eigenvalue weighted by atomic mass is 10.2. The Kier molecular flexibility index (Phi) is 9.81. The molecule has 0 heterocycles. The summed E-state index contributed by atoms with van der Waals surface area (Å²) in [4.78, 5) is 5.25. The van der Waals surface area contributed by atoms with Crippen LogP contribution in [0.2, 0.25) is 0 Å². The van der Waals surface area contributed by atoms with Crippen molar-refractivity contribution in [3.8, 4) is 5.75 Å². The summed E-state index contributed by atoms with van der Waals surface area (Å²) >= 11 is 1.37. The molecule has 0 spiro atoms. The molecule has 3 rings (SSSR count). The zero-order chi connectivity index (χ0) is 24.4. The first-order valence-corrected chi connectivity index (χ1v) is 11.0. The number of amidine groups is 1. The number of aromatic hydroxyl groups is 1. The molecule has 0 saturated heterocycles. The number of aliphatic hydroxyl groups is 1. The predicted molar refractivity (Wildman–Crippen MR) is 129 cm³/mol. The van der Waals surface area contributed by atoms with Gasteiger partial charge in [-0.05, 0) is 68.8 Å². The van der Waals surface area contributed by atoms with E-state index in [2.05, 4.69) is 10.3 Å². The minimum atomic E-state index is -4.36. The fourth-order valence-corrected chi connectivity index (χ4v) is 3.57. The van der Waals surface area contributed by atoms with Crippen LogP contribution < -0.4 is 5.32 Å². The number of aryl methyl sites for hydroxylation is 3. The fourth-order valence-electron chi connectivity index (χ4n) is 2.68. The summed E-state index contributed by atoms with van der Waals surface area (Å²) < 4.78 is 37.9. The van der Waals surface area contributed by atoms with Crippen molar-refractivity contribution in [2.75, 3.05) is 18.5 Å². The van der Waals surface area contributed by atoms with Crippen LogP contribution in [0.15, 0.2) is 76.6 Å². The molecule has 0 aliphatic heterocycles. The largest absolute Gasteiger partial charge is 0.508 e. The zero-order valence-electron chi connectivity index (χ0n) is 18.6. The number of phenols is 1. The second-order valence-electron chi connectivity index (χ2n) is 7.32. The third-order valence-electron chi connectivity index (χ3n) is 4.39. The molecule has 3 aromatic rings. The molecule has 0 aliphatic rings. The Balaban J connectivity index is 0.000000405. The zero-order valence-corrected chi connectivity index (χ0v) is 19.5. The third kappa shape index (κ3) is 9.19. The van der Waals surface area contributed by atoms with E-state index in [0.717, 1.165) is 28.2 Å². The van der Waals surface area contributed by atoms with Gasteiger partial charge in [-0.3, -0.25) is 4.99 Å². The number of rotatable bonds is 4. The van der Waals surface area contributed by atoms with Crippen molar-refractivity contribution in [1.29, 1.82) is 0 Å². The predicted octanol–water partition coefficient (Wildman–Crippen LogP) is 6.58. The van der Waals surface area contributed by atoms with Crippen LogP contribution in [0, 0.1) is 20.8 Å². The molecule has 0 aliphatic carbocycles. The first-order valence-electron chi connectivity index (χ1n) is 10.2. The Morgan fingerprint density at radius 1 is 0.909 bits per heavy atom. The average Bonchev–Trinajstić information content (AvgIpc) is 2.76. The SMILES string of the molecule is Cc1ccc(O)cc1.Cc1ccc(SC(=NCCO)Nc2ccc(C(F)(F)F)cc2)c(C)c1. The number of nitrogens with zero attached hydrogens (tertiary/aromatic N) is 1. The van der Waals surface area contributed by atoms with Gasteiger partial charge < -0.3 is 15.5 Å². The summed E-state index contributed by atoms with van der Waals surface area (Å²) in [6, 6.07) is 17.9. The van der Waals surface area contributed by atoms with E-state index in [4.69, 9.17) is 10.2 Å². The number of anilines is 1. The molecule has 0 radical (unpaired) electrons. The minimum Gasteiger partial charge on any atom is -0.508 e. The maximum Gasteiger partial charge on any atom is 0.416 e. The molecule has 8 heteroatoms. The van der Waals surface area contributed by atoms with Gasteiger partial charge in [-0.25, -0.2) is 0 Å². The van der Waals surface area contributed by atoms with Gasteiger partial charge in [-0.1, -0.05) is 47.2 Å². The van der Waals surface area contributed by atoms with Gasteiger partial charge in [0.2, 0.25) is 0 Å². The van der Waals surface area contributed by atoms with Gasteiger partial charge >= 0.3 is 6.18 Å². The standard InChI is InChI=1S/C18H19F3N2OS.C7H8O/c1-12-3-8-16(13(2)11-12)25-17(22-9-10-24)23-15-6-4-14(5-7-15)18(19,20)21;1-6-2-4-7(8)5-3-6/h3-8,11,24H,9-10H2,1-2H3,(H,22,23);2-5,8H,1H3. The van der Waals surface area contributed by atoms with Crippen LogP contribution in [0.3, 0.4) is 0 Å². The van der Waals surface area contributed by atoms with E-state index in [1.54, 1.807) is 12.1 Å². The van der Waals surface area contributed by atoms with Crippen molar-refractivity contribution in [1.82, 2.24) is 0 Å². The van der Waals surface area contributed by atoms with E-state index in [1.807, 2.05) is 51.1 Å². The first kappa shape index (κ1) is 26.3. The van der Waals surface area contributed by atoms with Crippen molar-refractivity contribution in [3.63, 3.8) is 0 Å². The first-order chi connectivity index (χ1) is 15.6. The van der Waals surface area contributed by atoms with Crippen LogP contribution in [0.4, 0.5) is 18.9 Å². The number of hydrogen-bond donors (Lipinski definition) is 3. The maximum atomic E-state index is 12.6. The molecule has 176 valence electrons. The average molecular weight is 477 g/mol. The van der Waals surface area contributed by atoms with Gasteiger partial charge in [0.05, 0.1) is 18.7 Å². The molecule has 0 aromatic heterocycles. The summed E-state index contributed by atoms with van der Waals surface area (Å²) in [5.41, 5.74) is 3.20. The van der Waals surface area contributed by atoms with Crippen molar-refractivity contribution in [2.45, 2.75) is 31.8 Å². The number of aliphatic imine (C=N–C) groups is 1. The number of aliphatic hydroxyl groups excluding tert-OH is 1. The number of alkyl halides is 3. The fraction of sp³-hybridized carbons (Fsp3) is 0.240. The monoisotopic (exact) mass is 476 g/mol. The summed E-state index contributed by atoms with van der Waals surface area (Å²) in [6.45, 7) is 6.08. The smallest absolute Gasteiger partial charge is 0.416 e. The molecule has 4 nitrogen and oxygen atoms in total. The van der Waals surface area contributed by atoms with E-state index in [-0.39, 0.29) is 13.2 Å². The van der Waals surface area contributed by atoms with E-state index in [0.29, 0.717) is 16.6 Å². The number of thioether (sulfide) groups is 1. The summed E-state index contributed by atoms with van der Waals surface area (Å²) in [6.07, 6.45) is -4.36. The van der Waals surface area contributed by atoms with E-state index in [9.17, 15) is 13.2 Å². The number of benzene rings is 3. The Labute approximate surface area is 196 Å². The van der Waals surface area contributed by atoms with Gasteiger partial charge in [-0.15, -0.1) is 0 Å². The highest BCUT2D eigenvalue weighted by Crippen LogP contribution is 2.30. The van der Waals surface area contributed by atoms with Crippen molar-refractivity contribution >= 4 is 22.6 Å². The second kappa shape index (κ2) is 12.3. The van der Waals surface area contributed by atoms with E-state index >= 15 is 0 Å². The molecule has 0 unspecified atom stereocenters. The van der Waals surface area contributed by atoms with E-state index < -0.39 is 11.7 Å². The van der Waals surface area contributed by atoms with Gasteiger partial charge in [0.25, 0.3) is 0 Å². The highest BCUT2D eigenvalue weighted by atomic mass is 32.2. The molecule has 3 N–H and O–H groups in total. The topological polar surface area (TPSA) is 64.9 Å². The lowest BCUT2D eigenvalue weighted by Crippen LogP contribution is -2.11. The second-order valence-corrected chi connectivity index (χ2v) is 8.35. The van der Waals surface area contributed by atoms with Crippen molar-refractivity contribution in [2.24, 2.45) is 4.99 Å². The third-order valence-corrected chi connectivity index (χ3v) is 5.49. The molecule has 33 heavy (non-hydrogen) atoms. The molecular weight excluding hydrogens is 449 g/mol. The summed E-state index contributed by atoms with van der Waals surface area (Å²) in [5, 5.41) is 21.3. The van der Waals surface area contributed by atoms with Gasteiger partial charge in [-0.2, -0.15) is 13.2 Å². The van der Waals surface area contributed by atoms with Crippen molar-refractivity contribution < 1.29 is 23.4 Å². The van der Waals surface area contributed by atoms with Crippen LogP contribution in [-0.4, -0.2) is 28.5 Å². The molecule has 0 fully saturated rings. The quantitative estimate of drug-likeness (QED) is 0.226. The van der Waals surface area contributed by atoms with Gasteiger partial charge in [0.15, 0.2) is 5.17 Å². The van der Waals surface area contributed by atoms with Gasteiger partial charge in [0.1, 0.15) is 5.75 Å². The molecule has 3 aromatic carbocycles. The van der Waals surface area contributed by atoms with Crippen LogP contribution in [0.25, 0.3) is 0 Å². The lowest BCUT2D eigenvalue weighted by Gasteiger charge is -2.13. The molecule has 0 atom stereocenters. The Morgan fingerprint density at radius 3 is 2.03 bits per heavy atom. The molecule has 0 bridgehead atoms. The summed E-state index contributed by atoms with van der Waals surface area (Å²) in [5.74, 6) is 0.329. The molecule has 0 amide bonds. The summed E-state index contributed by atoms with van der Waals surface area (Å²) in [7, 11) is 0. The van der Waals surface area contributed by atoms with Crippen molar-refractivity contribution in [3.05, 3.63) is 89.0 Å². The Hall–Kier alpha value is -2.97. The number of halogens is 3. The van der Waals surface area contributed by atoms with Crippen LogP contribution in [-0.2, 0) is 6.18 Å². The number of nitrogens with one attached hydrogen (secondary N) is 1. The maximum absolute atomic E-state index is 12.6. The molecule has 0 saturated carbocycles. The minimum absolute atomic E-state index is 0.106. The van der Waals surface area contributed by atoms with Crippen LogP contribution >= 0.6 is 11.8 Å². The lowest BCUT2D eigenvalue weighted by molar-refractivity contribution is -0.137. The number of phenolic OH excluding ortho intramolecular Hbond substituents is 1. The van der Waals surface area contributed by atoms with Gasteiger partial charge in [0, 0.05) is 10.6 Å². The Bertz CT molecular complexity index is 1030. The highest BCUT2D eigenvalue weighted by molar-refractivity contribution is 8.14.